The van der Waals surface area contributed by atoms with Crippen molar-refractivity contribution in [3.05, 3.63) is 60.7 Å². The van der Waals surface area contributed by atoms with Crippen molar-refractivity contribution < 1.29 is 38.5 Å². The lowest BCUT2D eigenvalue weighted by atomic mass is 10.0. The second-order valence-electron chi connectivity index (χ2n) is 14.9. The molecule has 14 heteroatoms. The van der Waals surface area contributed by atoms with Crippen LogP contribution in [0.1, 0.15) is 71.8 Å². The number of carboxylic acid groups (broad SMARTS) is 1. The molecule has 14 nitrogen and oxygen atoms in total. The number of carboxylic acids is 1. The molecule has 2 aliphatic heterocycles. The second kappa shape index (κ2) is 15.3. The molecule has 1 saturated heterocycles. The van der Waals surface area contributed by atoms with Gasteiger partial charge in [0.2, 0.25) is 11.8 Å². The maximum Gasteiger partial charge on any atom is 0.408 e. The van der Waals surface area contributed by atoms with Crippen LogP contribution in [0.25, 0.3) is 22.5 Å². The molecular weight excluding hydrogens is 680 g/mol. The molecule has 4 unspecified atom stereocenters. The number of alkyl carbamates (subject to hydrolysis) is 1. The lowest BCUT2D eigenvalue weighted by Crippen LogP contribution is -2.56. The second-order valence-corrected chi connectivity index (χ2v) is 14.9. The van der Waals surface area contributed by atoms with Crippen molar-refractivity contribution in [2.75, 3.05) is 20.8 Å². The maximum atomic E-state index is 14.5. The van der Waals surface area contributed by atoms with E-state index in [-0.39, 0.29) is 25.3 Å². The minimum Gasteiger partial charge on any atom is -0.497 e. The number of benzene rings is 2. The van der Waals surface area contributed by atoms with Crippen molar-refractivity contribution in [2.45, 2.75) is 95.0 Å². The van der Waals surface area contributed by atoms with Crippen LogP contribution < -0.4 is 20.1 Å². The number of rotatable bonds is 7. The first-order chi connectivity index (χ1) is 25.3. The molecule has 2 fully saturated rings. The van der Waals surface area contributed by atoms with Crippen LogP contribution >= 0.6 is 0 Å². The van der Waals surface area contributed by atoms with Crippen molar-refractivity contribution in [2.24, 2.45) is 5.92 Å². The molecule has 1 aliphatic carbocycles. The molecule has 2 aromatic carbocycles. The van der Waals surface area contributed by atoms with E-state index in [4.69, 9.17) is 24.4 Å². The van der Waals surface area contributed by atoms with Gasteiger partial charge in [0, 0.05) is 30.0 Å². The maximum absolute atomic E-state index is 14.5. The third-order valence-electron chi connectivity index (χ3n) is 9.99. The molecule has 3 N–H and O–H groups in total. The van der Waals surface area contributed by atoms with Crippen molar-refractivity contribution in [3.63, 3.8) is 0 Å². The number of carbonyl (C=O) groups excluding carboxylic acids is 3. The van der Waals surface area contributed by atoms with Gasteiger partial charge in [0.1, 0.15) is 46.1 Å². The molecular formula is C39H48N6O8. The van der Waals surface area contributed by atoms with Gasteiger partial charge in [-0.25, -0.2) is 9.59 Å². The van der Waals surface area contributed by atoms with E-state index in [9.17, 15) is 24.3 Å². The summed E-state index contributed by atoms with van der Waals surface area (Å²) >= 11 is 0. The van der Waals surface area contributed by atoms with Crippen molar-refractivity contribution >= 4 is 23.9 Å². The first-order valence-corrected chi connectivity index (χ1v) is 18.1. The first-order valence-electron chi connectivity index (χ1n) is 18.1. The standard InChI is InChI=1S/C39H48N6O8/c1-38(2,3)53-37(50)40-30-15-10-8-6-7-9-13-26-22-39(26,36(48)49)41-34(46)31-21-27(23-44(31)35(30)47)45-42-32(24-16-18-28(51-4)19-17-24)33(43-45)25-12-11-14-29(20-25)52-5/h9,11-14,16-20,26-27,30-31H,6-8,10,15,21-23H2,1-5H3,(H,40,50)(H,41,46)(H,48,49)/b13-9-/t26?,27-,30?,31?,39?/m1/s1. The molecule has 3 aliphatic rings. The van der Waals surface area contributed by atoms with E-state index in [0.717, 1.165) is 30.4 Å². The Bertz CT molecular complexity index is 1870. The van der Waals surface area contributed by atoms with Gasteiger partial charge in [0.15, 0.2) is 0 Å². The summed E-state index contributed by atoms with van der Waals surface area (Å²) in [6.07, 6.45) is 6.80. The van der Waals surface area contributed by atoms with Gasteiger partial charge in [-0.1, -0.05) is 37.1 Å². The van der Waals surface area contributed by atoms with Gasteiger partial charge < -0.3 is 34.9 Å². The lowest BCUT2D eigenvalue weighted by molar-refractivity contribution is -0.145. The number of amides is 3. The predicted octanol–water partition coefficient (Wildman–Crippen LogP) is 5.14. The zero-order chi connectivity index (χ0) is 37.9. The predicted molar refractivity (Wildman–Crippen MR) is 195 cm³/mol. The van der Waals surface area contributed by atoms with Gasteiger partial charge in [0.05, 0.1) is 20.3 Å². The summed E-state index contributed by atoms with van der Waals surface area (Å²) in [4.78, 5) is 57.2. The van der Waals surface area contributed by atoms with E-state index in [1.807, 2.05) is 60.7 Å². The van der Waals surface area contributed by atoms with E-state index in [1.54, 1.807) is 35.0 Å². The van der Waals surface area contributed by atoms with Crippen LogP contribution in [0.2, 0.25) is 0 Å². The van der Waals surface area contributed by atoms with Crippen LogP contribution in [0.3, 0.4) is 0 Å². The fourth-order valence-electron chi connectivity index (χ4n) is 7.09. The Morgan fingerprint density at radius 3 is 2.36 bits per heavy atom. The van der Waals surface area contributed by atoms with E-state index >= 15 is 0 Å². The Morgan fingerprint density at radius 2 is 1.68 bits per heavy atom. The van der Waals surface area contributed by atoms with Gasteiger partial charge in [-0.15, -0.1) is 0 Å². The monoisotopic (exact) mass is 728 g/mol. The smallest absolute Gasteiger partial charge is 0.408 e. The van der Waals surface area contributed by atoms with E-state index in [1.165, 1.54) is 9.70 Å². The Morgan fingerprint density at radius 1 is 0.962 bits per heavy atom. The molecule has 3 aromatic rings. The number of allylic oxidation sites excluding steroid dienone is 1. The molecule has 3 amide bonds. The number of ether oxygens (including phenoxy) is 3. The number of hydrogen-bond donors (Lipinski definition) is 3. The fourth-order valence-corrected chi connectivity index (χ4v) is 7.09. The normalized spacial score (nSPS) is 25.5. The van der Waals surface area contributed by atoms with Crippen molar-refractivity contribution in [1.82, 2.24) is 30.5 Å². The van der Waals surface area contributed by atoms with Gasteiger partial charge in [-0.2, -0.15) is 15.0 Å². The third-order valence-corrected chi connectivity index (χ3v) is 9.99. The third kappa shape index (κ3) is 8.31. The zero-order valence-electron chi connectivity index (χ0n) is 30.8. The van der Waals surface area contributed by atoms with Crippen LogP contribution in [-0.4, -0.2) is 92.9 Å². The minimum atomic E-state index is -1.46. The van der Waals surface area contributed by atoms with Crippen molar-refractivity contribution in [3.8, 4) is 34.0 Å². The van der Waals surface area contributed by atoms with Crippen LogP contribution in [0.5, 0.6) is 11.5 Å². The summed E-state index contributed by atoms with van der Waals surface area (Å²) < 4.78 is 16.4. The zero-order valence-corrected chi connectivity index (χ0v) is 30.8. The molecule has 1 aromatic heterocycles. The molecule has 0 bridgehead atoms. The Kier molecular flexibility index (Phi) is 10.8. The number of aromatic nitrogens is 3. The molecule has 0 spiro atoms. The molecule has 53 heavy (non-hydrogen) atoms. The van der Waals surface area contributed by atoms with E-state index in [2.05, 4.69) is 10.6 Å². The summed E-state index contributed by atoms with van der Waals surface area (Å²) in [7, 11) is 3.18. The molecule has 1 saturated carbocycles. The minimum absolute atomic E-state index is 0.0428. The van der Waals surface area contributed by atoms with E-state index < -0.39 is 53.1 Å². The molecule has 3 heterocycles. The summed E-state index contributed by atoms with van der Waals surface area (Å²) in [6.45, 7) is 5.26. The fraction of sp³-hybridized carbons (Fsp3) is 0.487. The Balaban J connectivity index is 1.38. The SMILES string of the molecule is COc1ccc(-c2nn([C@@H]3CC4C(=O)NC5(C(=O)O)CC5/C=C\CCCCCC(NC(=O)OC(C)(C)C)C(=O)N4C3)nc2-c2cccc(OC)c2)cc1. The summed E-state index contributed by atoms with van der Waals surface area (Å²) in [5.74, 6) is -1.21. The number of nitrogens with zero attached hydrogens (tertiary/aromatic N) is 4. The summed E-state index contributed by atoms with van der Waals surface area (Å²) in [5.41, 5.74) is 0.412. The first kappa shape index (κ1) is 37.4. The van der Waals surface area contributed by atoms with E-state index in [0.29, 0.717) is 35.7 Å². The van der Waals surface area contributed by atoms with Crippen LogP contribution in [0.4, 0.5) is 4.79 Å². The lowest BCUT2D eigenvalue weighted by Gasteiger charge is -2.30. The molecule has 5 atom stereocenters. The molecule has 282 valence electrons. The number of hydrogen-bond acceptors (Lipinski definition) is 9. The average molecular weight is 729 g/mol. The summed E-state index contributed by atoms with van der Waals surface area (Å²) in [5, 5.41) is 25.7. The highest BCUT2D eigenvalue weighted by atomic mass is 16.6. The van der Waals surface area contributed by atoms with Crippen LogP contribution in [0, 0.1) is 5.92 Å². The van der Waals surface area contributed by atoms with Crippen LogP contribution in [0.15, 0.2) is 60.7 Å². The van der Waals surface area contributed by atoms with Gasteiger partial charge in [-0.05, 0) is 82.9 Å². The van der Waals surface area contributed by atoms with Gasteiger partial charge in [0.25, 0.3) is 0 Å². The van der Waals surface area contributed by atoms with Crippen LogP contribution in [-0.2, 0) is 19.1 Å². The Hall–Kier alpha value is -5.40. The number of carbonyl (C=O) groups is 4. The van der Waals surface area contributed by atoms with Crippen molar-refractivity contribution in [1.29, 1.82) is 0 Å². The van der Waals surface area contributed by atoms with Gasteiger partial charge >= 0.3 is 12.1 Å². The number of methoxy groups -OCH3 is 2. The largest absolute Gasteiger partial charge is 0.497 e. The molecule has 6 rings (SSSR count). The number of nitrogens with one attached hydrogen (secondary N) is 2. The average Bonchev–Trinajstić information content (AvgIpc) is 3.43. The highest BCUT2D eigenvalue weighted by Crippen LogP contribution is 2.46. The highest BCUT2D eigenvalue weighted by molar-refractivity contribution is 5.96. The topological polar surface area (TPSA) is 174 Å². The Labute approximate surface area is 308 Å². The number of fused-ring (bicyclic) bond motifs is 2. The quantitative estimate of drug-likeness (QED) is 0.276. The molecule has 0 radical (unpaired) electrons. The summed E-state index contributed by atoms with van der Waals surface area (Å²) in [6, 6.07) is 12.3. The number of aliphatic carboxylic acids is 1. The highest BCUT2D eigenvalue weighted by Gasteiger charge is 2.61. The van der Waals surface area contributed by atoms with Gasteiger partial charge in [-0.3, -0.25) is 9.59 Å².